The Morgan fingerprint density at radius 3 is 2.46 bits per heavy atom. The van der Waals surface area contributed by atoms with Gasteiger partial charge in [0.2, 0.25) is 5.76 Å². The number of rotatable bonds is 8. The molecule has 0 saturated carbocycles. The molecule has 1 unspecified atom stereocenters. The molecule has 0 saturated heterocycles. The predicted octanol–water partition coefficient (Wildman–Crippen LogP) is 3.84. The van der Waals surface area contributed by atoms with E-state index in [-0.39, 0.29) is 29.2 Å². The quantitative estimate of drug-likeness (QED) is 0.180. The molecular formula is C31H27N3O6S. The van der Waals surface area contributed by atoms with Crippen LogP contribution >= 0.6 is 11.3 Å². The Morgan fingerprint density at radius 2 is 1.83 bits per heavy atom. The van der Waals surface area contributed by atoms with Crippen LogP contribution in [-0.4, -0.2) is 37.2 Å². The van der Waals surface area contributed by atoms with Crippen molar-refractivity contribution in [2.24, 2.45) is 4.99 Å². The molecule has 0 amide bonds. The first kappa shape index (κ1) is 27.6. The number of benzene rings is 2. The number of anilines is 1. The Morgan fingerprint density at radius 1 is 1.10 bits per heavy atom. The third kappa shape index (κ3) is 5.68. The highest BCUT2D eigenvalue weighted by atomic mass is 32.1. The first-order valence-electron chi connectivity index (χ1n) is 12.7. The molecule has 0 aliphatic carbocycles. The molecular weight excluding hydrogens is 542 g/mol. The Kier molecular flexibility index (Phi) is 7.84. The fourth-order valence-corrected chi connectivity index (χ4v) is 5.45. The van der Waals surface area contributed by atoms with Crippen LogP contribution < -0.4 is 24.5 Å². The number of furan rings is 1. The first-order valence-corrected chi connectivity index (χ1v) is 13.5. The van der Waals surface area contributed by atoms with Gasteiger partial charge < -0.3 is 18.8 Å². The van der Waals surface area contributed by atoms with E-state index in [2.05, 4.69) is 11.6 Å². The van der Waals surface area contributed by atoms with Crippen molar-refractivity contribution in [3.8, 4) is 5.75 Å². The largest absolute Gasteiger partial charge is 0.458 e. The summed E-state index contributed by atoms with van der Waals surface area (Å²) in [7, 11) is 3.92. The van der Waals surface area contributed by atoms with E-state index in [9.17, 15) is 14.4 Å². The molecule has 0 N–H and O–H groups in total. The summed E-state index contributed by atoms with van der Waals surface area (Å²) in [6.45, 7) is 5.34. The lowest BCUT2D eigenvalue weighted by Crippen LogP contribution is -2.39. The average molecular weight is 570 g/mol. The molecule has 208 valence electrons. The van der Waals surface area contributed by atoms with Gasteiger partial charge in [0, 0.05) is 19.8 Å². The van der Waals surface area contributed by atoms with E-state index in [0.29, 0.717) is 20.6 Å². The number of allylic oxidation sites excluding steroid dienone is 1. The van der Waals surface area contributed by atoms with Crippen molar-refractivity contribution in [2.45, 2.75) is 13.0 Å². The van der Waals surface area contributed by atoms with Gasteiger partial charge in [0.25, 0.3) is 5.56 Å². The van der Waals surface area contributed by atoms with Crippen molar-refractivity contribution in [1.82, 2.24) is 4.57 Å². The van der Waals surface area contributed by atoms with Crippen LogP contribution in [0.15, 0.2) is 105 Å². The van der Waals surface area contributed by atoms with Crippen molar-refractivity contribution in [1.29, 1.82) is 0 Å². The van der Waals surface area contributed by atoms with E-state index >= 15 is 0 Å². The molecule has 0 fully saturated rings. The van der Waals surface area contributed by atoms with Crippen molar-refractivity contribution >= 4 is 35.0 Å². The molecule has 1 aliphatic rings. The molecule has 4 aromatic rings. The number of hydrogen-bond donors (Lipinski definition) is 0. The molecule has 5 rings (SSSR count). The summed E-state index contributed by atoms with van der Waals surface area (Å²) in [6.07, 6.45) is 4.67. The van der Waals surface area contributed by atoms with Crippen LogP contribution in [0.5, 0.6) is 5.75 Å². The number of thiazole rings is 1. The predicted molar refractivity (Wildman–Crippen MR) is 156 cm³/mol. The van der Waals surface area contributed by atoms with E-state index < -0.39 is 18.0 Å². The minimum atomic E-state index is -0.809. The van der Waals surface area contributed by atoms with Crippen LogP contribution in [0.2, 0.25) is 0 Å². The van der Waals surface area contributed by atoms with Gasteiger partial charge in [-0.1, -0.05) is 48.3 Å². The number of ether oxygens (including phenoxy) is 2. The zero-order valence-corrected chi connectivity index (χ0v) is 23.5. The number of carbonyl (C=O) groups excluding carboxylic acids is 2. The summed E-state index contributed by atoms with van der Waals surface area (Å²) in [5.74, 6) is -0.889. The fourth-order valence-electron chi connectivity index (χ4n) is 4.40. The third-order valence-electron chi connectivity index (χ3n) is 6.41. The fraction of sp³-hybridized carbons (Fsp3) is 0.161. The van der Waals surface area contributed by atoms with Gasteiger partial charge in [0.15, 0.2) is 4.80 Å². The molecule has 3 heterocycles. The molecule has 2 aromatic heterocycles. The van der Waals surface area contributed by atoms with E-state index in [0.717, 1.165) is 11.3 Å². The van der Waals surface area contributed by atoms with Gasteiger partial charge in [0.1, 0.15) is 12.4 Å². The Hall–Kier alpha value is -4.96. The Balaban J connectivity index is 1.57. The molecule has 2 aromatic carbocycles. The lowest BCUT2D eigenvalue weighted by Gasteiger charge is -2.24. The van der Waals surface area contributed by atoms with Gasteiger partial charge >= 0.3 is 11.9 Å². The second-order valence-corrected chi connectivity index (χ2v) is 10.4. The molecule has 10 heteroatoms. The number of esters is 2. The van der Waals surface area contributed by atoms with E-state index in [1.807, 2.05) is 49.3 Å². The highest BCUT2D eigenvalue weighted by Crippen LogP contribution is 2.32. The number of carbonyl (C=O) groups is 2. The molecule has 0 bridgehead atoms. The van der Waals surface area contributed by atoms with Gasteiger partial charge in [-0.15, -0.1) is 0 Å². The SMILES string of the molecule is C=CCOC(=O)C1=C(C)N=c2s/c(=C\c3ccc(N(C)C)cc3)c(=O)n2C1c1ccc(OC(=O)c2ccco2)cc1. The maximum Gasteiger partial charge on any atom is 0.379 e. The number of fused-ring (bicyclic) bond motifs is 1. The van der Waals surface area contributed by atoms with Crippen LogP contribution in [0.1, 0.15) is 34.6 Å². The topological polar surface area (TPSA) is 103 Å². The highest BCUT2D eigenvalue weighted by Gasteiger charge is 2.33. The standard InChI is InChI=1S/C31H27N3O6S/c1-5-16-39-30(37)26-19(2)32-31-34(28(35)25(41-31)18-20-8-12-22(13-9-20)33(3)4)27(26)21-10-14-23(15-11-21)40-29(36)24-7-6-17-38-24/h5-15,17-18,27H,1,16H2,2-4H3/b25-18-. The Labute approximate surface area is 239 Å². The van der Waals surface area contributed by atoms with Crippen LogP contribution in [0.3, 0.4) is 0 Å². The number of nitrogens with zero attached hydrogens (tertiary/aromatic N) is 3. The van der Waals surface area contributed by atoms with Crippen molar-refractivity contribution in [3.63, 3.8) is 0 Å². The average Bonchev–Trinajstić information content (AvgIpc) is 3.60. The van der Waals surface area contributed by atoms with Crippen LogP contribution in [0.4, 0.5) is 5.69 Å². The molecule has 0 radical (unpaired) electrons. The summed E-state index contributed by atoms with van der Waals surface area (Å²) in [6, 6.07) is 16.7. The van der Waals surface area contributed by atoms with E-state index in [1.165, 1.54) is 34.3 Å². The van der Waals surface area contributed by atoms with Gasteiger partial charge in [-0.05, 0) is 60.5 Å². The smallest absolute Gasteiger partial charge is 0.379 e. The maximum absolute atomic E-state index is 13.8. The highest BCUT2D eigenvalue weighted by molar-refractivity contribution is 7.07. The van der Waals surface area contributed by atoms with Crippen LogP contribution in [0, 0.1) is 0 Å². The summed E-state index contributed by atoms with van der Waals surface area (Å²) in [5.41, 5.74) is 2.92. The second kappa shape index (κ2) is 11.6. The lowest BCUT2D eigenvalue weighted by atomic mass is 9.96. The van der Waals surface area contributed by atoms with Gasteiger partial charge in [-0.25, -0.2) is 14.6 Å². The molecule has 0 spiro atoms. The van der Waals surface area contributed by atoms with E-state index in [1.54, 1.807) is 37.3 Å². The first-order chi connectivity index (χ1) is 19.8. The van der Waals surface area contributed by atoms with Crippen molar-refractivity contribution in [3.05, 3.63) is 127 Å². The number of aromatic nitrogens is 1. The lowest BCUT2D eigenvalue weighted by molar-refractivity contribution is -0.138. The molecule has 9 nitrogen and oxygen atoms in total. The summed E-state index contributed by atoms with van der Waals surface area (Å²) < 4.78 is 17.9. The van der Waals surface area contributed by atoms with Crippen molar-refractivity contribution < 1.29 is 23.5 Å². The monoisotopic (exact) mass is 569 g/mol. The Bertz CT molecular complexity index is 1810. The zero-order chi connectivity index (χ0) is 29.1. The van der Waals surface area contributed by atoms with Crippen LogP contribution in [0.25, 0.3) is 6.08 Å². The van der Waals surface area contributed by atoms with E-state index in [4.69, 9.17) is 13.9 Å². The molecule has 1 atom stereocenters. The van der Waals surface area contributed by atoms with Gasteiger partial charge in [-0.3, -0.25) is 9.36 Å². The van der Waals surface area contributed by atoms with Gasteiger partial charge in [0.05, 0.1) is 28.1 Å². The van der Waals surface area contributed by atoms with Crippen molar-refractivity contribution in [2.75, 3.05) is 25.6 Å². The van der Waals surface area contributed by atoms with Crippen LogP contribution in [-0.2, 0) is 9.53 Å². The van der Waals surface area contributed by atoms with Gasteiger partial charge in [-0.2, -0.15) is 0 Å². The second-order valence-electron chi connectivity index (χ2n) is 9.39. The summed E-state index contributed by atoms with van der Waals surface area (Å²) in [4.78, 5) is 46.4. The summed E-state index contributed by atoms with van der Waals surface area (Å²) >= 11 is 1.25. The summed E-state index contributed by atoms with van der Waals surface area (Å²) in [5, 5.41) is 0. The number of hydrogen-bond acceptors (Lipinski definition) is 9. The maximum atomic E-state index is 13.8. The molecule has 41 heavy (non-hydrogen) atoms. The zero-order valence-electron chi connectivity index (χ0n) is 22.7. The normalized spacial score (nSPS) is 14.7. The third-order valence-corrected chi connectivity index (χ3v) is 7.39. The minimum absolute atomic E-state index is 0.0113. The molecule has 1 aliphatic heterocycles. The minimum Gasteiger partial charge on any atom is -0.458 e.